The van der Waals surface area contributed by atoms with Crippen molar-refractivity contribution in [2.45, 2.75) is 6.92 Å². The maximum absolute atomic E-state index is 12.7. The Bertz CT molecular complexity index is 627. The van der Waals surface area contributed by atoms with Crippen molar-refractivity contribution in [1.29, 1.82) is 0 Å². The lowest BCUT2D eigenvalue weighted by atomic mass is 10.3. The van der Waals surface area contributed by atoms with Crippen LogP contribution >= 0.6 is 11.3 Å². The van der Waals surface area contributed by atoms with Crippen molar-refractivity contribution in [2.24, 2.45) is 0 Å². The molecule has 20 heavy (non-hydrogen) atoms. The van der Waals surface area contributed by atoms with Gasteiger partial charge in [-0.2, -0.15) is 0 Å². The van der Waals surface area contributed by atoms with Gasteiger partial charge in [-0.3, -0.25) is 4.79 Å². The number of nitrogens with one attached hydrogen (secondary N) is 1. The smallest absolute Gasteiger partial charge is 0.369 e. The van der Waals surface area contributed by atoms with Crippen LogP contribution in [0.1, 0.15) is 26.5 Å². The summed E-state index contributed by atoms with van der Waals surface area (Å²) in [4.78, 5) is 23.2. The molecule has 0 aliphatic carbocycles. The van der Waals surface area contributed by atoms with Gasteiger partial charge in [0.2, 0.25) is 10.0 Å². The predicted molar refractivity (Wildman–Crippen MR) is 70.2 cm³/mol. The molecular formula is C12H10FN3O3S. The minimum Gasteiger partial charge on any atom is -0.461 e. The number of carbonyl (C=O) groups excluding carboxylic acids is 2. The van der Waals surface area contributed by atoms with Gasteiger partial charge in [-0.15, -0.1) is 10.2 Å². The van der Waals surface area contributed by atoms with Crippen molar-refractivity contribution in [3.8, 4) is 0 Å². The van der Waals surface area contributed by atoms with Crippen LogP contribution < -0.4 is 5.32 Å². The number of nitrogens with zero attached hydrogens (tertiary/aromatic N) is 2. The van der Waals surface area contributed by atoms with E-state index in [1.807, 2.05) is 0 Å². The number of rotatable bonds is 4. The van der Waals surface area contributed by atoms with Crippen molar-refractivity contribution in [3.05, 3.63) is 40.1 Å². The first-order valence-electron chi connectivity index (χ1n) is 5.67. The largest absolute Gasteiger partial charge is 0.461 e. The summed E-state index contributed by atoms with van der Waals surface area (Å²) < 4.78 is 17.5. The van der Waals surface area contributed by atoms with E-state index in [1.165, 1.54) is 24.3 Å². The number of amides is 1. The average molecular weight is 295 g/mol. The topological polar surface area (TPSA) is 81.2 Å². The van der Waals surface area contributed by atoms with E-state index in [0.717, 1.165) is 11.3 Å². The Morgan fingerprint density at radius 2 is 1.90 bits per heavy atom. The molecule has 2 rings (SSSR count). The molecule has 0 atom stereocenters. The van der Waals surface area contributed by atoms with E-state index in [1.54, 1.807) is 6.92 Å². The van der Waals surface area contributed by atoms with Crippen LogP contribution in [0.5, 0.6) is 0 Å². The molecular weight excluding hydrogens is 285 g/mol. The lowest BCUT2D eigenvalue weighted by Crippen LogP contribution is -2.11. The quantitative estimate of drug-likeness (QED) is 0.874. The lowest BCUT2D eigenvalue weighted by molar-refractivity contribution is 0.0525. The second-order valence-electron chi connectivity index (χ2n) is 3.59. The third kappa shape index (κ3) is 3.35. The second-order valence-corrected chi connectivity index (χ2v) is 4.57. The van der Waals surface area contributed by atoms with E-state index < -0.39 is 17.7 Å². The van der Waals surface area contributed by atoms with Crippen LogP contribution in [-0.2, 0) is 4.74 Å². The summed E-state index contributed by atoms with van der Waals surface area (Å²) in [5.74, 6) is -1.54. The Balaban J connectivity index is 2.06. The van der Waals surface area contributed by atoms with Gasteiger partial charge in [0.05, 0.1) is 6.61 Å². The van der Waals surface area contributed by atoms with Crippen LogP contribution in [0, 0.1) is 5.82 Å². The van der Waals surface area contributed by atoms with Crippen LogP contribution in [0.25, 0.3) is 0 Å². The predicted octanol–water partition coefficient (Wildman–Crippen LogP) is 2.11. The van der Waals surface area contributed by atoms with E-state index >= 15 is 0 Å². The molecule has 1 amide bonds. The fourth-order valence-electron chi connectivity index (χ4n) is 1.31. The number of halogens is 1. The summed E-state index contributed by atoms with van der Waals surface area (Å²) >= 11 is 0.829. The zero-order valence-electron chi connectivity index (χ0n) is 10.4. The Hall–Kier alpha value is -2.35. The van der Waals surface area contributed by atoms with Crippen LogP contribution in [0.3, 0.4) is 0 Å². The van der Waals surface area contributed by atoms with E-state index in [9.17, 15) is 14.0 Å². The normalized spacial score (nSPS) is 10.1. The van der Waals surface area contributed by atoms with Gasteiger partial charge in [0.15, 0.2) is 0 Å². The van der Waals surface area contributed by atoms with Crippen molar-refractivity contribution >= 4 is 28.9 Å². The minimum atomic E-state index is -0.620. The fourth-order valence-corrected chi connectivity index (χ4v) is 1.94. The highest BCUT2D eigenvalue weighted by molar-refractivity contribution is 7.15. The Labute approximate surface area is 117 Å². The van der Waals surface area contributed by atoms with Gasteiger partial charge in [-0.05, 0) is 31.2 Å². The number of hydrogen-bond acceptors (Lipinski definition) is 6. The molecule has 0 radical (unpaired) electrons. The highest BCUT2D eigenvalue weighted by Crippen LogP contribution is 2.14. The second kappa shape index (κ2) is 6.20. The molecule has 0 unspecified atom stereocenters. The van der Waals surface area contributed by atoms with Crippen LogP contribution in [-0.4, -0.2) is 28.7 Å². The molecule has 1 aromatic heterocycles. The first kappa shape index (κ1) is 14.1. The monoisotopic (exact) mass is 295 g/mol. The van der Waals surface area contributed by atoms with Crippen LogP contribution in [0.15, 0.2) is 24.3 Å². The van der Waals surface area contributed by atoms with Crippen LogP contribution in [0.4, 0.5) is 10.1 Å². The number of aromatic nitrogens is 2. The molecule has 2 aromatic rings. The Morgan fingerprint density at radius 3 is 2.55 bits per heavy atom. The third-order valence-electron chi connectivity index (χ3n) is 2.17. The summed E-state index contributed by atoms with van der Waals surface area (Å²) in [7, 11) is 0. The zero-order valence-corrected chi connectivity index (χ0v) is 11.2. The van der Waals surface area contributed by atoms with Gasteiger partial charge in [0.25, 0.3) is 5.91 Å². The van der Waals surface area contributed by atoms with E-state index in [2.05, 4.69) is 15.5 Å². The molecule has 0 spiro atoms. The molecule has 104 valence electrons. The standard InChI is InChI=1S/C12H10FN3O3S/c1-2-19-12(18)11-16-15-10(20-11)9(17)14-8-5-3-7(13)4-6-8/h3-6H,2H2,1H3,(H,14,17). The molecule has 1 aromatic carbocycles. The summed E-state index contributed by atoms with van der Waals surface area (Å²) in [5.41, 5.74) is 0.421. The van der Waals surface area contributed by atoms with Gasteiger partial charge < -0.3 is 10.1 Å². The molecule has 6 nitrogen and oxygen atoms in total. The fraction of sp³-hybridized carbons (Fsp3) is 0.167. The number of hydrogen-bond donors (Lipinski definition) is 1. The molecule has 0 bridgehead atoms. The van der Waals surface area contributed by atoms with Gasteiger partial charge in [-0.25, -0.2) is 9.18 Å². The zero-order chi connectivity index (χ0) is 14.5. The molecule has 0 saturated carbocycles. The Kier molecular flexibility index (Phi) is 4.36. The number of benzene rings is 1. The summed E-state index contributed by atoms with van der Waals surface area (Å²) in [6.45, 7) is 1.89. The van der Waals surface area contributed by atoms with Crippen LogP contribution in [0.2, 0.25) is 0 Å². The third-order valence-corrected chi connectivity index (χ3v) is 3.07. The lowest BCUT2D eigenvalue weighted by Gasteiger charge is -2.01. The van der Waals surface area contributed by atoms with Gasteiger partial charge >= 0.3 is 5.97 Å². The van der Waals surface area contributed by atoms with Gasteiger partial charge in [0.1, 0.15) is 5.82 Å². The Morgan fingerprint density at radius 1 is 1.25 bits per heavy atom. The van der Waals surface area contributed by atoms with Crippen molar-refractivity contribution in [1.82, 2.24) is 10.2 Å². The average Bonchev–Trinajstić information content (AvgIpc) is 2.91. The number of ether oxygens (including phenoxy) is 1. The van der Waals surface area contributed by atoms with Crippen molar-refractivity contribution in [2.75, 3.05) is 11.9 Å². The van der Waals surface area contributed by atoms with Gasteiger partial charge in [0, 0.05) is 5.69 Å². The first-order chi connectivity index (χ1) is 9.60. The van der Waals surface area contributed by atoms with Crippen molar-refractivity contribution < 1.29 is 18.7 Å². The van der Waals surface area contributed by atoms with Crippen molar-refractivity contribution in [3.63, 3.8) is 0 Å². The van der Waals surface area contributed by atoms with E-state index in [4.69, 9.17) is 4.74 Å². The molecule has 0 saturated heterocycles. The maximum Gasteiger partial charge on any atom is 0.369 e. The highest BCUT2D eigenvalue weighted by Gasteiger charge is 2.18. The summed E-state index contributed by atoms with van der Waals surface area (Å²) in [5, 5.41) is 9.75. The molecule has 1 heterocycles. The minimum absolute atomic E-state index is 0.0103. The summed E-state index contributed by atoms with van der Waals surface area (Å²) in [6, 6.07) is 5.28. The van der Waals surface area contributed by atoms with Gasteiger partial charge in [-0.1, -0.05) is 11.3 Å². The summed E-state index contributed by atoms with van der Waals surface area (Å²) in [6.07, 6.45) is 0. The van der Waals surface area contributed by atoms with E-state index in [0.29, 0.717) is 5.69 Å². The SMILES string of the molecule is CCOC(=O)c1nnc(C(=O)Nc2ccc(F)cc2)s1. The molecule has 1 N–H and O–H groups in total. The van der Waals surface area contributed by atoms with E-state index in [-0.39, 0.29) is 16.6 Å². The number of carbonyl (C=O) groups is 2. The number of esters is 1. The highest BCUT2D eigenvalue weighted by atomic mass is 32.1. The maximum atomic E-state index is 12.7. The molecule has 8 heteroatoms. The molecule has 0 fully saturated rings. The molecule has 0 aliphatic rings. The molecule has 0 aliphatic heterocycles. The number of anilines is 1. The first-order valence-corrected chi connectivity index (χ1v) is 6.49.